The van der Waals surface area contributed by atoms with Crippen molar-refractivity contribution in [2.24, 2.45) is 10.9 Å². The number of nitrogens with one attached hydrogen (secondary N) is 1. The van der Waals surface area contributed by atoms with Gasteiger partial charge in [-0.2, -0.15) is 0 Å². The van der Waals surface area contributed by atoms with Crippen molar-refractivity contribution in [3.63, 3.8) is 0 Å². The minimum atomic E-state index is 0.634. The molecule has 3 atom stereocenters. The predicted molar refractivity (Wildman–Crippen MR) is 73.1 cm³/mol. The fourth-order valence-electron chi connectivity index (χ4n) is 2.74. The second kappa shape index (κ2) is 5.95. The number of aliphatic imine (C=N–C) groups is 1. The lowest BCUT2D eigenvalue weighted by Crippen LogP contribution is -2.36. The van der Waals surface area contributed by atoms with E-state index < -0.39 is 0 Å². The molecule has 0 saturated heterocycles. The molecule has 1 saturated carbocycles. The van der Waals surface area contributed by atoms with Crippen LogP contribution in [-0.4, -0.2) is 23.0 Å². The van der Waals surface area contributed by atoms with Gasteiger partial charge in [0.1, 0.15) is 0 Å². The highest BCUT2D eigenvalue weighted by Gasteiger charge is 2.31. The van der Waals surface area contributed by atoms with Crippen molar-refractivity contribution in [1.82, 2.24) is 5.32 Å². The van der Waals surface area contributed by atoms with Crippen molar-refractivity contribution in [3.8, 4) is 0 Å². The van der Waals surface area contributed by atoms with Crippen molar-refractivity contribution in [2.75, 3.05) is 5.75 Å². The van der Waals surface area contributed by atoms with E-state index in [1.165, 1.54) is 49.4 Å². The molecule has 2 nitrogen and oxygen atoms in total. The van der Waals surface area contributed by atoms with Gasteiger partial charge in [0.25, 0.3) is 0 Å². The van der Waals surface area contributed by atoms with Gasteiger partial charge in [-0.05, 0) is 31.6 Å². The summed E-state index contributed by atoms with van der Waals surface area (Å²) in [5, 5.41) is 4.86. The van der Waals surface area contributed by atoms with Crippen molar-refractivity contribution in [2.45, 2.75) is 64.5 Å². The molecule has 0 radical (unpaired) electrons. The third-order valence-electron chi connectivity index (χ3n) is 3.79. The summed E-state index contributed by atoms with van der Waals surface area (Å²) in [6.07, 6.45) is 7.85. The molecular weight excluding hydrogens is 216 g/mol. The molecule has 1 N–H and O–H groups in total. The van der Waals surface area contributed by atoms with Gasteiger partial charge in [-0.1, -0.05) is 38.5 Å². The summed E-state index contributed by atoms with van der Waals surface area (Å²) < 4.78 is 0. The smallest absolute Gasteiger partial charge is 0.157 e. The Hall–Kier alpha value is -0.180. The Morgan fingerprint density at radius 3 is 3.06 bits per heavy atom. The van der Waals surface area contributed by atoms with Gasteiger partial charge in [0.2, 0.25) is 0 Å². The van der Waals surface area contributed by atoms with Crippen LogP contribution in [0.5, 0.6) is 0 Å². The molecule has 3 heteroatoms. The summed E-state index contributed by atoms with van der Waals surface area (Å²) in [5.74, 6) is 2.17. The number of hydrogen-bond acceptors (Lipinski definition) is 3. The van der Waals surface area contributed by atoms with Crippen LogP contribution >= 0.6 is 11.8 Å². The van der Waals surface area contributed by atoms with E-state index in [9.17, 15) is 0 Å². The minimum absolute atomic E-state index is 0.634. The van der Waals surface area contributed by atoms with Crippen LogP contribution in [0.2, 0.25) is 0 Å². The Bertz CT molecular complexity index is 252. The summed E-state index contributed by atoms with van der Waals surface area (Å²) in [7, 11) is 0. The minimum Gasteiger partial charge on any atom is -0.362 e. The number of fused-ring (bicyclic) bond motifs is 1. The standard InChI is InChI=1S/C13H24N2S/c1-3-6-11(4-2)14-13-15-12-8-5-7-10(12)9-16-13/h10-12H,3-9H2,1-2H3,(H,14,15). The molecule has 1 aliphatic carbocycles. The Labute approximate surface area is 104 Å². The molecule has 0 amide bonds. The van der Waals surface area contributed by atoms with Crippen LogP contribution in [0.4, 0.5) is 0 Å². The van der Waals surface area contributed by atoms with Crippen LogP contribution in [0, 0.1) is 5.92 Å². The highest BCUT2D eigenvalue weighted by molar-refractivity contribution is 8.13. The van der Waals surface area contributed by atoms with Gasteiger partial charge < -0.3 is 5.32 Å². The lowest BCUT2D eigenvalue weighted by Gasteiger charge is -2.26. The first kappa shape index (κ1) is 12.3. The zero-order chi connectivity index (χ0) is 11.4. The first-order valence-corrected chi connectivity index (χ1v) is 7.79. The van der Waals surface area contributed by atoms with E-state index in [0.29, 0.717) is 12.1 Å². The number of thioether (sulfide) groups is 1. The zero-order valence-corrected chi connectivity index (χ0v) is 11.4. The Balaban J connectivity index is 1.89. The maximum atomic E-state index is 4.88. The maximum absolute atomic E-state index is 4.88. The van der Waals surface area contributed by atoms with Crippen molar-refractivity contribution >= 4 is 16.9 Å². The van der Waals surface area contributed by atoms with Crippen LogP contribution in [-0.2, 0) is 0 Å². The molecule has 92 valence electrons. The number of amidine groups is 1. The van der Waals surface area contributed by atoms with Crippen molar-refractivity contribution in [3.05, 3.63) is 0 Å². The normalized spacial score (nSPS) is 30.8. The Morgan fingerprint density at radius 1 is 1.44 bits per heavy atom. The van der Waals surface area contributed by atoms with Crippen LogP contribution < -0.4 is 5.32 Å². The summed E-state index contributed by atoms with van der Waals surface area (Å²) in [4.78, 5) is 4.88. The third-order valence-corrected chi connectivity index (χ3v) is 4.89. The molecule has 16 heavy (non-hydrogen) atoms. The first-order chi connectivity index (χ1) is 7.83. The van der Waals surface area contributed by atoms with Crippen LogP contribution in [0.3, 0.4) is 0 Å². The van der Waals surface area contributed by atoms with Crippen molar-refractivity contribution in [1.29, 1.82) is 0 Å². The molecule has 0 bridgehead atoms. The number of nitrogens with zero attached hydrogens (tertiary/aromatic N) is 1. The summed E-state index contributed by atoms with van der Waals surface area (Å²) >= 11 is 1.95. The lowest BCUT2D eigenvalue weighted by atomic mass is 10.1. The van der Waals surface area contributed by atoms with E-state index >= 15 is 0 Å². The van der Waals surface area contributed by atoms with Gasteiger partial charge in [0.05, 0.1) is 6.04 Å². The molecule has 1 aliphatic heterocycles. The average molecular weight is 240 g/mol. The molecule has 0 spiro atoms. The fraction of sp³-hybridized carbons (Fsp3) is 0.923. The molecule has 0 aromatic heterocycles. The number of rotatable bonds is 4. The van der Waals surface area contributed by atoms with Crippen LogP contribution in [0.15, 0.2) is 4.99 Å². The second-order valence-corrected chi connectivity index (χ2v) is 6.05. The van der Waals surface area contributed by atoms with E-state index in [1.807, 2.05) is 11.8 Å². The van der Waals surface area contributed by atoms with Crippen LogP contribution in [0.25, 0.3) is 0 Å². The van der Waals surface area contributed by atoms with Gasteiger partial charge in [-0.3, -0.25) is 4.99 Å². The van der Waals surface area contributed by atoms with Gasteiger partial charge >= 0.3 is 0 Å². The monoisotopic (exact) mass is 240 g/mol. The van der Waals surface area contributed by atoms with E-state index in [2.05, 4.69) is 19.2 Å². The SMILES string of the molecule is CCCC(CC)NC1=NC2CCCC2CS1. The summed E-state index contributed by atoms with van der Waals surface area (Å²) in [5.41, 5.74) is 0. The van der Waals surface area contributed by atoms with Crippen LogP contribution in [0.1, 0.15) is 52.4 Å². The lowest BCUT2D eigenvalue weighted by molar-refractivity contribution is 0.514. The molecule has 1 fully saturated rings. The quantitative estimate of drug-likeness (QED) is 0.814. The molecular formula is C13H24N2S. The topological polar surface area (TPSA) is 24.4 Å². The molecule has 0 aromatic carbocycles. The molecule has 3 unspecified atom stereocenters. The molecule has 0 aromatic rings. The van der Waals surface area contributed by atoms with Gasteiger partial charge in [-0.15, -0.1) is 0 Å². The van der Waals surface area contributed by atoms with Crippen molar-refractivity contribution < 1.29 is 0 Å². The van der Waals surface area contributed by atoms with Gasteiger partial charge in [0, 0.05) is 11.8 Å². The molecule has 2 aliphatic rings. The largest absolute Gasteiger partial charge is 0.362 e. The summed E-state index contributed by atoms with van der Waals surface area (Å²) in [6.45, 7) is 4.52. The number of hydrogen-bond donors (Lipinski definition) is 1. The van der Waals surface area contributed by atoms with E-state index in [1.54, 1.807) is 0 Å². The highest BCUT2D eigenvalue weighted by Crippen LogP contribution is 2.35. The van der Waals surface area contributed by atoms with E-state index in [0.717, 1.165) is 5.92 Å². The predicted octanol–water partition coefficient (Wildman–Crippen LogP) is 3.43. The molecule has 1 heterocycles. The summed E-state index contributed by atoms with van der Waals surface area (Å²) in [6, 6.07) is 1.28. The average Bonchev–Trinajstić information content (AvgIpc) is 2.75. The fourth-order valence-corrected chi connectivity index (χ4v) is 3.96. The maximum Gasteiger partial charge on any atom is 0.157 e. The molecule has 2 rings (SSSR count). The third kappa shape index (κ3) is 2.93. The Morgan fingerprint density at radius 2 is 2.31 bits per heavy atom. The van der Waals surface area contributed by atoms with Gasteiger partial charge in [0.15, 0.2) is 5.17 Å². The first-order valence-electron chi connectivity index (χ1n) is 6.80. The zero-order valence-electron chi connectivity index (χ0n) is 10.5. The highest BCUT2D eigenvalue weighted by atomic mass is 32.2. The second-order valence-electron chi connectivity index (χ2n) is 5.04. The Kier molecular flexibility index (Phi) is 4.56. The van der Waals surface area contributed by atoms with Gasteiger partial charge in [-0.25, -0.2) is 0 Å². The van der Waals surface area contributed by atoms with E-state index in [4.69, 9.17) is 4.99 Å². The van der Waals surface area contributed by atoms with E-state index in [-0.39, 0.29) is 0 Å².